The van der Waals surface area contributed by atoms with Gasteiger partial charge in [0.2, 0.25) is 11.5 Å². The number of piperidine rings is 1. The number of nitrogens with one attached hydrogen (secondary N) is 2. The predicted molar refractivity (Wildman–Crippen MR) is 125 cm³/mol. The highest BCUT2D eigenvalue weighted by molar-refractivity contribution is 5.97. The van der Waals surface area contributed by atoms with Crippen molar-refractivity contribution in [1.82, 2.24) is 15.2 Å². The Hall–Kier alpha value is -2.72. The van der Waals surface area contributed by atoms with E-state index in [1.807, 2.05) is 11.9 Å². The monoisotopic (exact) mass is 492 g/mol. The summed E-state index contributed by atoms with van der Waals surface area (Å²) >= 11 is 0. The molecule has 3 heterocycles. The fourth-order valence-corrected chi connectivity index (χ4v) is 4.57. The number of carbonyl (C=O) groups excluding carboxylic acids is 1. The van der Waals surface area contributed by atoms with Gasteiger partial charge in [-0.25, -0.2) is 9.37 Å². The van der Waals surface area contributed by atoms with E-state index in [4.69, 9.17) is 4.74 Å². The summed E-state index contributed by atoms with van der Waals surface area (Å²) in [7, 11) is 1.86. The van der Waals surface area contributed by atoms with E-state index >= 15 is 0 Å². The fraction of sp³-hybridized carbons (Fsp3) is 0.520. The SMILES string of the molecule is CN1CC[C@@H](Nc2cccc3c(C4(C(F)(F)F)CO4)nc(/C=C/CNC(=O)C4CC4)cc23)[C@@H](F)C1. The number of aromatic nitrogens is 1. The van der Waals surface area contributed by atoms with E-state index in [1.54, 1.807) is 36.4 Å². The largest absolute Gasteiger partial charge is 0.425 e. The van der Waals surface area contributed by atoms with Crippen LogP contribution in [0.3, 0.4) is 0 Å². The number of rotatable bonds is 7. The van der Waals surface area contributed by atoms with Crippen molar-refractivity contribution in [1.29, 1.82) is 0 Å². The van der Waals surface area contributed by atoms with E-state index in [2.05, 4.69) is 15.6 Å². The Morgan fingerprint density at radius 1 is 1.29 bits per heavy atom. The number of hydrogen-bond acceptors (Lipinski definition) is 5. The molecule has 3 fully saturated rings. The molecule has 10 heteroatoms. The van der Waals surface area contributed by atoms with Crippen LogP contribution in [0, 0.1) is 5.92 Å². The average molecular weight is 493 g/mol. The van der Waals surface area contributed by atoms with Crippen molar-refractivity contribution in [3.8, 4) is 0 Å². The number of nitrogens with zero attached hydrogens (tertiary/aromatic N) is 2. The molecule has 1 aliphatic carbocycles. The summed E-state index contributed by atoms with van der Waals surface area (Å²) in [5, 5.41) is 6.85. The van der Waals surface area contributed by atoms with Gasteiger partial charge < -0.3 is 20.3 Å². The molecular weight excluding hydrogens is 464 g/mol. The molecule has 2 aromatic rings. The van der Waals surface area contributed by atoms with E-state index in [0.717, 1.165) is 19.4 Å². The molecule has 2 N–H and O–H groups in total. The van der Waals surface area contributed by atoms with Crippen LogP contribution < -0.4 is 10.6 Å². The van der Waals surface area contributed by atoms with Crippen LogP contribution in [-0.2, 0) is 15.1 Å². The minimum Gasteiger partial charge on any atom is -0.379 e. The lowest BCUT2D eigenvalue weighted by Crippen LogP contribution is -2.46. The Morgan fingerprint density at radius 2 is 2.06 bits per heavy atom. The Balaban J connectivity index is 1.49. The third-order valence-electron chi connectivity index (χ3n) is 6.88. The van der Waals surface area contributed by atoms with Gasteiger partial charge in [0.1, 0.15) is 6.17 Å². The lowest BCUT2D eigenvalue weighted by molar-refractivity contribution is -0.187. The van der Waals surface area contributed by atoms with Crippen LogP contribution in [0.1, 0.15) is 30.7 Å². The molecule has 188 valence electrons. The minimum atomic E-state index is -4.63. The number of ether oxygens (including phenoxy) is 1. The molecule has 0 radical (unpaired) electrons. The topological polar surface area (TPSA) is 69.8 Å². The van der Waals surface area contributed by atoms with Crippen molar-refractivity contribution in [2.24, 2.45) is 5.92 Å². The lowest BCUT2D eigenvalue weighted by Gasteiger charge is -2.33. The third kappa shape index (κ3) is 4.86. The first-order valence-corrected chi connectivity index (χ1v) is 11.9. The van der Waals surface area contributed by atoms with Crippen LogP contribution >= 0.6 is 0 Å². The Bertz CT molecular complexity index is 1140. The van der Waals surface area contributed by atoms with Crippen molar-refractivity contribution in [3.05, 3.63) is 41.7 Å². The maximum Gasteiger partial charge on any atom is 0.425 e. The normalized spacial score (nSPS) is 27.3. The summed E-state index contributed by atoms with van der Waals surface area (Å²) in [6.07, 6.45) is -0.129. The predicted octanol–water partition coefficient (Wildman–Crippen LogP) is 4.02. The zero-order valence-corrected chi connectivity index (χ0v) is 19.4. The Labute approximate surface area is 200 Å². The molecule has 1 aromatic heterocycles. The van der Waals surface area contributed by atoms with Gasteiger partial charge in [-0.1, -0.05) is 18.2 Å². The zero-order chi connectivity index (χ0) is 24.8. The number of halogens is 4. The molecule has 1 aromatic carbocycles. The summed E-state index contributed by atoms with van der Waals surface area (Å²) in [6.45, 7) is 0.773. The summed E-state index contributed by atoms with van der Waals surface area (Å²) in [5.41, 5.74) is -1.79. The smallest absolute Gasteiger partial charge is 0.379 e. The number of anilines is 1. The number of benzene rings is 1. The Morgan fingerprint density at radius 3 is 2.71 bits per heavy atom. The number of fused-ring (bicyclic) bond motifs is 1. The standard InChI is InChI=1S/C25H28F4N4O2/c1-33-11-9-21(19(26)13-33)32-20-6-2-5-17-18(20)12-16(4-3-10-30-23(34)15-7-8-15)31-22(17)24(14-35-24)25(27,28)29/h2-6,12,15,19,21,32H,7-11,13-14H2,1H3,(H,30,34)/b4-3+/t19-,21+,24?/m0/s1. The molecule has 6 nitrogen and oxygen atoms in total. The first kappa shape index (κ1) is 24.0. The van der Waals surface area contributed by atoms with Gasteiger partial charge in [0.05, 0.1) is 24.0 Å². The number of pyridine rings is 1. The highest BCUT2D eigenvalue weighted by atomic mass is 19.4. The molecular formula is C25H28F4N4O2. The lowest BCUT2D eigenvalue weighted by atomic mass is 9.96. The van der Waals surface area contributed by atoms with Crippen LogP contribution in [0.2, 0.25) is 0 Å². The van der Waals surface area contributed by atoms with Gasteiger partial charge in [-0.2, -0.15) is 13.2 Å². The number of carbonyl (C=O) groups is 1. The van der Waals surface area contributed by atoms with E-state index in [-0.39, 0.29) is 24.1 Å². The maximum atomic E-state index is 14.7. The molecule has 3 atom stereocenters. The molecule has 1 amide bonds. The molecule has 1 unspecified atom stereocenters. The van der Waals surface area contributed by atoms with Gasteiger partial charge in [0.15, 0.2) is 0 Å². The molecule has 5 rings (SSSR count). The number of alkyl halides is 4. The van der Waals surface area contributed by atoms with Crippen LogP contribution in [0.25, 0.3) is 16.8 Å². The van der Waals surface area contributed by atoms with Gasteiger partial charge in [-0.05, 0) is 44.5 Å². The van der Waals surface area contributed by atoms with Crippen molar-refractivity contribution >= 4 is 28.4 Å². The van der Waals surface area contributed by atoms with Gasteiger partial charge in [-0.3, -0.25) is 4.79 Å². The highest BCUT2D eigenvalue weighted by Gasteiger charge is 2.68. The highest BCUT2D eigenvalue weighted by Crippen LogP contribution is 2.53. The van der Waals surface area contributed by atoms with Gasteiger partial charge in [0, 0.05) is 42.0 Å². The van der Waals surface area contributed by atoms with Crippen molar-refractivity contribution in [2.45, 2.75) is 43.3 Å². The van der Waals surface area contributed by atoms with Crippen LogP contribution in [0.15, 0.2) is 30.3 Å². The maximum absolute atomic E-state index is 14.7. The minimum absolute atomic E-state index is 0.0189. The Kier molecular flexibility index (Phi) is 6.21. The molecule has 2 aliphatic heterocycles. The number of likely N-dealkylation sites (tertiary alicyclic amines) is 1. The number of epoxide rings is 1. The molecule has 0 spiro atoms. The van der Waals surface area contributed by atoms with Gasteiger partial charge >= 0.3 is 6.18 Å². The van der Waals surface area contributed by atoms with Crippen molar-refractivity contribution < 1.29 is 27.1 Å². The van der Waals surface area contributed by atoms with Crippen molar-refractivity contribution in [3.63, 3.8) is 0 Å². The summed E-state index contributed by atoms with van der Waals surface area (Å²) in [6, 6.07) is 6.22. The van der Waals surface area contributed by atoms with Gasteiger partial charge in [-0.15, -0.1) is 0 Å². The van der Waals surface area contributed by atoms with Crippen LogP contribution in [0.5, 0.6) is 0 Å². The third-order valence-corrected chi connectivity index (χ3v) is 6.88. The number of hydrogen-bond donors (Lipinski definition) is 2. The van der Waals surface area contributed by atoms with Crippen LogP contribution in [-0.4, -0.2) is 67.5 Å². The first-order valence-electron chi connectivity index (χ1n) is 11.9. The first-order chi connectivity index (χ1) is 16.7. The second-order valence-corrected chi connectivity index (χ2v) is 9.65. The molecule has 3 aliphatic rings. The fourth-order valence-electron chi connectivity index (χ4n) is 4.57. The number of amides is 1. The van der Waals surface area contributed by atoms with E-state index in [9.17, 15) is 22.4 Å². The quantitative estimate of drug-likeness (QED) is 0.452. The molecule has 0 bridgehead atoms. The van der Waals surface area contributed by atoms with Gasteiger partial charge in [0.25, 0.3) is 0 Å². The second-order valence-electron chi connectivity index (χ2n) is 9.65. The van der Waals surface area contributed by atoms with Crippen LogP contribution in [0.4, 0.5) is 23.2 Å². The van der Waals surface area contributed by atoms with Crippen molar-refractivity contribution in [2.75, 3.05) is 38.6 Å². The van der Waals surface area contributed by atoms with E-state index in [0.29, 0.717) is 35.1 Å². The summed E-state index contributed by atoms with van der Waals surface area (Å²) in [5.74, 6) is 0.0506. The molecule has 35 heavy (non-hydrogen) atoms. The average Bonchev–Trinajstić information content (AvgIpc) is 3.70. The van der Waals surface area contributed by atoms with E-state index in [1.165, 1.54) is 0 Å². The zero-order valence-electron chi connectivity index (χ0n) is 19.4. The summed E-state index contributed by atoms with van der Waals surface area (Å²) in [4.78, 5) is 18.1. The molecule has 2 saturated heterocycles. The summed E-state index contributed by atoms with van der Waals surface area (Å²) < 4.78 is 61.6. The molecule has 1 saturated carbocycles. The van der Waals surface area contributed by atoms with E-state index < -0.39 is 30.6 Å². The second kappa shape index (κ2) is 9.05.